The van der Waals surface area contributed by atoms with Crippen molar-refractivity contribution in [3.05, 3.63) is 81.1 Å². The average molecular weight is 512 g/mol. The highest BCUT2D eigenvalue weighted by atomic mass is 79.9. The fraction of sp³-hybridized carbons (Fsp3) is 0.308. The molecule has 1 amide bonds. The number of hydrogen-bond acceptors (Lipinski definition) is 4. The van der Waals surface area contributed by atoms with Gasteiger partial charge in [0.05, 0.1) is 17.3 Å². The number of hydrogen-bond donors (Lipinski definition) is 1. The quantitative estimate of drug-likeness (QED) is 0.293. The fourth-order valence-corrected chi connectivity index (χ4v) is 3.74. The molecule has 0 aliphatic heterocycles. The third kappa shape index (κ3) is 6.71. The van der Waals surface area contributed by atoms with Gasteiger partial charge in [-0.25, -0.2) is 0 Å². The summed E-state index contributed by atoms with van der Waals surface area (Å²) in [5.41, 5.74) is 4.97. The Morgan fingerprint density at radius 2 is 1.94 bits per heavy atom. The van der Waals surface area contributed by atoms with E-state index in [0.717, 1.165) is 57.0 Å². The van der Waals surface area contributed by atoms with E-state index in [1.54, 1.807) is 19.3 Å². The van der Waals surface area contributed by atoms with Crippen molar-refractivity contribution in [3.63, 3.8) is 0 Å². The zero-order valence-electron chi connectivity index (χ0n) is 19.5. The van der Waals surface area contributed by atoms with Crippen molar-refractivity contribution in [2.75, 3.05) is 13.7 Å². The number of nitrogens with one attached hydrogen (secondary N) is 1. The van der Waals surface area contributed by atoms with Gasteiger partial charge in [0, 0.05) is 30.4 Å². The van der Waals surface area contributed by atoms with Crippen LogP contribution >= 0.6 is 15.9 Å². The van der Waals surface area contributed by atoms with Gasteiger partial charge in [-0.2, -0.15) is 5.10 Å². The van der Waals surface area contributed by atoms with Crippen molar-refractivity contribution in [1.29, 1.82) is 0 Å². The molecule has 7 heteroatoms. The molecule has 0 unspecified atom stereocenters. The predicted octanol–water partition coefficient (Wildman–Crippen LogP) is 5.38. The monoisotopic (exact) mass is 511 g/mol. The Morgan fingerprint density at radius 1 is 1.15 bits per heavy atom. The number of aromatic nitrogens is 2. The zero-order valence-corrected chi connectivity index (χ0v) is 21.1. The van der Waals surface area contributed by atoms with Crippen LogP contribution < -0.4 is 14.8 Å². The molecule has 0 aliphatic rings. The summed E-state index contributed by atoms with van der Waals surface area (Å²) in [4.78, 5) is 12.2. The van der Waals surface area contributed by atoms with Gasteiger partial charge in [-0.15, -0.1) is 0 Å². The topological polar surface area (TPSA) is 65.4 Å². The van der Waals surface area contributed by atoms with Gasteiger partial charge in [0.1, 0.15) is 18.1 Å². The molecule has 0 bridgehead atoms. The van der Waals surface area contributed by atoms with Crippen molar-refractivity contribution in [2.45, 2.75) is 40.3 Å². The summed E-state index contributed by atoms with van der Waals surface area (Å²) in [5.74, 6) is 1.46. The number of aryl methyl sites for hydroxylation is 3. The van der Waals surface area contributed by atoms with E-state index in [9.17, 15) is 4.79 Å². The molecule has 6 nitrogen and oxygen atoms in total. The predicted molar refractivity (Wildman–Crippen MR) is 135 cm³/mol. The number of ether oxygens (including phenoxy) is 2. The smallest absolute Gasteiger partial charge is 0.244 e. The van der Waals surface area contributed by atoms with Crippen molar-refractivity contribution in [2.24, 2.45) is 0 Å². The van der Waals surface area contributed by atoms with Crippen molar-refractivity contribution in [3.8, 4) is 11.5 Å². The van der Waals surface area contributed by atoms with E-state index in [1.165, 1.54) is 0 Å². The molecule has 3 aromatic rings. The van der Waals surface area contributed by atoms with Crippen LogP contribution in [0.4, 0.5) is 0 Å². The SMILES string of the molecule is COc1ccc(/C=C/C(=O)NCCCn2nc(C)c(Br)c2C)cc1COc1ccccc1C. The minimum atomic E-state index is -0.127. The number of halogens is 1. The maximum atomic E-state index is 12.2. The highest BCUT2D eigenvalue weighted by molar-refractivity contribution is 9.10. The third-order valence-electron chi connectivity index (χ3n) is 5.35. The first kappa shape index (κ1) is 24.6. The van der Waals surface area contributed by atoms with Gasteiger partial charge in [0.15, 0.2) is 0 Å². The van der Waals surface area contributed by atoms with Crippen molar-refractivity contribution >= 4 is 27.9 Å². The Kier molecular flexibility index (Phi) is 8.72. The molecule has 0 radical (unpaired) electrons. The van der Waals surface area contributed by atoms with Crippen molar-refractivity contribution in [1.82, 2.24) is 15.1 Å². The molecular formula is C26H30BrN3O3. The summed E-state index contributed by atoms with van der Waals surface area (Å²) >= 11 is 3.54. The lowest BCUT2D eigenvalue weighted by Gasteiger charge is -2.12. The van der Waals surface area contributed by atoms with Crippen LogP contribution in [0.3, 0.4) is 0 Å². The molecule has 1 heterocycles. The summed E-state index contributed by atoms with van der Waals surface area (Å²) in [5, 5.41) is 7.41. The molecule has 0 fully saturated rings. The minimum absolute atomic E-state index is 0.127. The maximum absolute atomic E-state index is 12.2. The molecule has 2 aromatic carbocycles. The number of para-hydroxylation sites is 1. The van der Waals surface area contributed by atoms with Gasteiger partial charge in [-0.1, -0.05) is 24.3 Å². The average Bonchev–Trinajstić information content (AvgIpc) is 3.06. The van der Waals surface area contributed by atoms with E-state index in [4.69, 9.17) is 9.47 Å². The number of methoxy groups -OCH3 is 1. The van der Waals surface area contributed by atoms with Gasteiger partial charge < -0.3 is 14.8 Å². The van der Waals surface area contributed by atoms with Crippen LogP contribution in [0.15, 0.2) is 53.0 Å². The first-order valence-corrected chi connectivity index (χ1v) is 11.7. The molecule has 0 spiro atoms. The Balaban J connectivity index is 1.53. The van der Waals surface area contributed by atoms with Crippen LogP contribution in [-0.2, 0) is 17.9 Å². The normalized spacial score (nSPS) is 11.1. The molecule has 0 saturated carbocycles. The van der Waals surface area contributed by atoms with E-state index in [2.05, 4.69) is 26.3 Å². The van der Waals surface area contributed by atoms with Crippen LogP contribution in [0, 0.1) is 20.8 Å². The fourth-order valence-electron chi connectivity index (χ4n) is 3.45. The third-order valence-corrected chi connectivity index (χ3v) is 6.50. The molecule has 1 N–H and O–H groups in total. The number of benzene rings is 2. The standard InChI is InChI=1S/C26H30BrN3O3/c1-18-8-5-6-9-23(18)33-17-22-16-21(10-12-24(22)32-4)11-13-25(31)28-14-7-15-30-20(3)26(27)19(2)29-30/h5-6,8-13,16H,7,14-15,17H2,1-4H3,(H,28,31)/b13-11+. The van der Waals surface area contributed by atoms with Gasteiger partial charge in [-0.3, -0.25) is 9.48 Å². The minimum Gasteiger partial charge on any atom is -0.496 e. The van der Waals surface area contributed by atoms with E-state index >= 15 is 0 Å². The van der Waals surface area contributed by atoms with Crippen LogP contribution in [-0.4, -0.2) is 29.3 Å². The largest absolute Gasteiger partial charge is 0.496 e. The van der Waals surface area contributed by atoms with Crippen LogP contribution in [0.25, 0.3) is 6.08 Å². The molecule has 174 valence electrons. The molecule has 1 aromatic heterocycles. The highest BCUT2D eigenvalue weighted by Gasteiger charge is 2.09. The van der Waals surface area contributed by atoms with E-state index in [1.807, 2.05) is 67.9 Å². The number of amides is 1. The maximum Gasteiger partial charge on any atom is 0.244 e. The van der Waals surface area contributed by atoms with Gasteiger partial charge in [0.25, 0.3) is 0 Å². The van der Waals surface area contributed by atoms with Crippen LogP contribution in [0.5, 0.6) is 11.5 Å². The Morgan fingerprint density at radius 3 is 2.64 bits per heavy atom. The number of nitrogens with zero attached hydrogens (tertiary/aromatic N) is 2. The van der Waals surface area contributed by atoms with E-state index < -0.39 is 0 Å². The highest BCUT2D eigenvalue weighted by Crippen LogP contribution is 2.24. The molecule has 0 aliphatic carbocycles. The lowest BCUT2D eigenvalue weighted by atomic mass is 10.1. The molecular weight excluding hydrogens is 482 g/mol. The molecule has 33 heavy (non-hydrogen) atoms. The number of carbonyl (C=O) groups is 1. The Hall–Kier alpha value is -3.06. The Bertz CT molecular complexity index is 1140. The number of carbonyl (C=O) groups excluding carboxylic acids is 1. The van der Waals surface area contributed by atoms with Gasteiger partial charge in [-0.05, 0) is 78.5 Å². The van der Waals surface area contributed by atoms with E-state index in [-0.39, 0.29) is 5.91 Å². The second-order valence-electron chi connectivity index (χ2n) is 7.81. The molecule has 0 saturated heterocycles. The lowest BCUT2D eigenvalue weighted by molar-refractivity contribution is -0.116. The summed E-state index contributed by atoms with van der Waals surface area (Å²) in [6, 6.07) is 13.7. The lowest BCUT2D eigenvalue weighted by Crippen LogP contribution is -2.23. The Labute approximate surface area is 203 Å². The van der Waals surface area contributed by atoms with Gasteiger partial charge >= 0.3 is 0 Å². The molecule has 0 atom stereocenters. The molecule has 3 rings (SSSR count). The summed E-state index contributed by atoms with van der Waals surface area (Å²) in [6.07, 6.45) is 4.15. The van der Waals surface area contributed by atoms with Gasteiger partial charge in [0.2, 0.25) is 5.91 Å². The van der Waals surface area contributed by atoms with Crippen LogP contribution in [0.2, 0.25) is 0 Å². The first-order chi connectivity index (χ1) is 15.9. The second-order valence-corrected chi connectivity index (χ2v) is 8.60. The first-order valence-electron chi connectivity index (χ1n) is 10.9. The zero-order chi connectivity index (χ0) is 23.8. The summed E-state index contributed by atoms with van der Waals surface area (Å²) < 4.78 is 14.4. The van der Waals surface area contributed by atoms with Crippen molar-refractivity contribution < 1.29 is 14.3 Å². The van der Waals surface area contributed by atoms with Crippen LogP contribution in [0.1, 0.15) is 34.5 Å². The number of rotatable bonds is 10. The summed E-state index contributed by atoms with van der Waals surface area (Å²) in [7, 11) is 1.64. The van der Waals surface area contributed by atoms with E-state index in [0.29, 0.717) is 13.2 Å². The summed E-state index contributed by atoms with van der Waals surface area (Å²) in [6.45, 7) is 7.73. The second kappa shape index (κ2) is 11.7.